The molecule has 7 nitrogen and oxygen atoms in total. The van der Waals surface area contributed by atoms with E-state index < -0.39 is 0 Å². The third-order valence-electron chi connectivity index (χ3n) is 5.00. The Balaban J connectivity index is 1.37. The summed E-state index contributed by atoms with van der Waals surface area (Å²) in [5.41, 5.74) is 2.27. The lowest BCUT2D eigenvalue weighted by Crippen LogP contribution is -2.07. The van der Waals surface area contributed by atoms with Crippen molar-refractivity contribution >= 4 is 11.0 Å². The van der Waals surface area contributed by atoms with Crippen LogP contribution in [-0.4, -0.2) is 16.7 Å². The molecule has 134 valence electrons. The molecule has 1 unspecified atom stereocenters. The summed E-state index contributed by atoms with van der Waals surface area (Å²) in [6, 6.07) is 5.48. The summed E-state index contributed by atoms with van der Waals surface area (Å²) in [4.78, 5) is 16.3. The fourth-order valence-electron chi connectivity index (χ4n) is 3.73. The molecule has 2 aromatic heterocycles. The van der Waals surface area contributed by atoms with Gasteiger partial charge in [0, 0.05) is 17.6 Å². The predicted octanol–water partition coefficient (Wildman–Crippen LogP) is 3.10. The van der Waals surface area contributed by atoms with E-state index >= 15 is 0 Å². The second-order valence-corrected chi connectivity index (χ2v) is 6.70. The minimum absolute atomic E-state index is 0.0950. The maximum atomic E-state index is 12.0. The third-order valence-corrected chi connectivity index (χ3v) is 5.00. The third kappa shape index (κ3) is 2.68. The zero-order valence-electron chi connectivity index (χ0n) is 14.2. The van der Waals surface area contributed by atoms with Gasteiger partial charge in [-0.05, 0) is 55.9 Å². The predicted molar refractivity (Wildman–Crippen MR) is 91.1 cm³/mol. The van der Waals surface area contributed by atoms with E-state index in [-0.39, 0.29) is 18.3 Å². The number of ether oxygens (including phenoxy) is 2. The molecule has 1 aliphatic heterocycles. The quantitative estimate of drug-likeness (QED) is 0.665. The second-order valence-electron chi connectivity index (χ2n) is 6.70. The summed E-state index contributed by atoms with van der Waals surface area (Å²) in [6.07, 6.45) is 4.49. The van der Waals surface area contributed by atoms with Gasteiger partial charge in [0.2, 0.25) is 5.82 Å². The van der Waals surface area contributed by atoms with Gasteiger partial charge >= 0.3 is 5.63 Å². The molecule has 0 spiro atoms. The lowest BCUT2D eigenvalue weighted by molar-refractivity contribution is 0.0835. The van der Waals surface area contributed by atoms with Gasteiger partial charge in [-0.1, -0.05) is 5.16 Å². The van der Waals surface area contributed by atoms with E-state index in [0.29, 0.717) is 23.0 Å². The average molecular weight is 354 g/mol. The fraction of sp³-hybridized carbons (Fsp3) is 0.421. The van der Waals surface area contributed by atoms with Crippen molar-refractivity contribution in [3.05, 3.63) is 51.5 Å². The standard InChI is InChI=1S/C19H18N2O5/c22-19-13-4-1-3-12(13)14-9-11(6-7-15(14)25-19)24-10-17-20-18(26-21-17)16-5-2-8-23-16/h6-7,9,16H,1-5,8,10H2. The molecule has 1 aromatic carbocycles. The van der Waals surface area contributed by atoms with Gasteiger partial charge in [-0.15, -0.1) is 0 Å². The van der Waals surface area contributed by atoms with E-state index in [9.17, 15) is 4.79 Å². The van der Waals surface area contributed by atoms with Crippen molar-refractivity contribution in [2.75, 3.05) is 6.61 Å². The van der Waals surface area contributed by atoms with Crippen LogP contribution in [0.5, 0.6) is 5.75 Å². The van der Waals surface area contributed by atoms with Crippen LogP contribution in [0.1, 0.15) is 48.2 Å². The molecule has 7 heteroatoms. The number of fused-ring (bicyclic) bond motifs is 3. The summed E-state index contributed by atoms with van der Waals surface area (Å²) in [5.74, 6) is 1.68. The van der Waals surface area contributed by atoms with E-state index in [1.807, 2.05) is 6.07 Å². The van der Waals surface area contributed by atoms with Gasteiger partial charge in [0.15, 0.2) is 6.61 Å². The van der Waals surface area contributed by atoms with Crippen molar-refractivity contribution < 1.29 is 18.4 Å². The van der Waals surface area contributed by atoms with Gasteiger partial charge in [0.05, 0.1) is 0 Å². The van der Waals surface area contributed by atoms with Crippen molar-refractivity contribution in [1.82, 2.24) is 10.1 Å². The van der Waals surface area contributed by atoms with E-state index in [1.54, 1.807) is 12.1 Å². The molecule has 3 heterocycles. The molecular formula is C19H18N2O5. The minimum Gasteiger partial charge on any atom is -0.485 e. The Bertz CT molecular complexity index is 1020. The largest absolute Gasteiger partial charge is 0.485 e. The number of aryl methyl sites for hydroxylation is 1. The van der Waals surface area contributed by atoms with Crippen LogP contribution < -0.4 is 10.4 Å². The van der Waals surface area contributed by atoms with Gasteiger partial charge < -0.3 is 18.4 Å². The Labute approximate surface area is 148 Å². The SMILES string of the molecule is O=c1oc2ccc(OCc3noc(C4CCCO4)n3)cc2c2c1CCC2. The van der Waals surface area contributed by atoms with Crippen LogP contribution in [0.2, 0.25) is 0 Å². The van der Waals surface area contributed by atoms with Crippen molar-refractivity contribution in [2.24, 2.45) is 0 Å². The monoisotopic (exact) mass is 354 g/mol. The first-order valence-corrected chi connectivity index (χ1v) is 8.93. The molecule has 5 rings (SSSR count). The lowest BCUT2D eigenvalue weighted by Gasteiger charge is -2.07. The van der Waals surface area contributed by atoms with Crippen LogP contribution in [0.25, 0.3) is 11.0 Å². The van der Waals surface area contributed by atoms with Crippen molar-refractivity contribution in [3.8, 4) is 5.75 Å². The van der Waals surface area contributed by atoms with Crippen LogP contribution in [0.4, 0.5) is 0 Å². The highest BCUT2D eigenvalue weighted by atomic mass is 16.5. The van der Waals surface area contributed by atoms with Crippen LogP contribution in [-0.2, 0) is 24.2 Å². The highest BCUT2D eigenvalue weighted by Crippen LogP contribution is 2.30. The number of benzene rings is 1. The topological polar surface area (TPSA) is 87.6 Å². The smallest absolute Gasteiger partial charge is 0.339 e. The van der Waals surface area contributed by atoms with Crippen molar-refractivity contribution in [3.63, 3.8) is 0 Å². The lowest BCUT2D eigenvalue weighted by atomic mass is 10.1. The Hall–Kier alpha value is -2.67. The highest BCUT2D eigenvalue weighted by Gasteiger charge is 2.24. The molecule has 2 aliphatic rings. The van der Waals surface area contributed by atoms with Crippen LogP contribution in [0.15, 0.2) is 31.9 Å². The number of hydrogen-bond donors (Lipinski definition) is 0. The second kappa shape index (κ2) is 6.25. The maximum absolute atomic E-state index is 12.0. The Morgan fingerprint density at radius 1 is 1.19 bits per heavy atom. The average Bonchev–Trinajstić information content (AvgIpc) is 3.40. The normalized spacial score (nSPS) is 19.2. The van der Waals surface area contributed by atoms with Gasteiger partial charge in [0.1, 0.15) is 17.4 Å². The molecule has 0 saturated carbocycles. The van der Waals surface area contributed by atoms with E-state index in [2.05, 4.69) is 10.1 Å². The minimum atomic E-state index is -0.216. The van der Waals surface area contributed by atoms with Crippen molar-refractivity contribution in [2.45, 2.75) is 44.8 Å². The molecular weight excluding hydrogens is 336 g/mol. The molecule has 1 saturated heterocycles. The van der Waals surface area contributed by atoms with Gasteiger partial charge in [-0.2, -0.15) is 4.98 Å². The highest BCUT2D eigenvalue weighted by molar-refractivity contribution is 5.83. The van der Waals surface area contributed by atoms with E-state index in [1.165, 1.54) is 0 Å². The van der Waals surface area contributed by atoms with E-state index in [4.69, 9.17) is 18.4 Å². The van der Waals surface area contributed by atoms with Crippen molar-refractivity contribution in [1.29, 1.82) is 0 Å². The summed E-state index contributed by atoms with van der Waals surface area (Å²) in [5, 5.41) is 4.90. The molecule has 0 amide bonds. The summed E-state index contributed by atoms with van der Waals surface area (Å²) >= 11 is 0. The molecule has 1 aliphatic carbocycles. The van der Waals surface area contributed by atoms with Gasteiger partial charge in [0.25, 0.3) is 5.89 Å². The first kappa shape index (κ1) is 15.6. The first-order chi connectivity index (χ1) is 12.8. The molecule has 0 N–H and O–H groups in total. The fourth-order valence-corrected chi connectivity index (χ4v) is 3.73. The molecule has 0 bridgehead atoms. The van der Waals surface area contributed by atoms with Gasteiger partial charge in [-0.3, -0.25) is 0 Å². The molecule has 26 heavy (non-hydrogen) atoms. The molecule has 3 aromatic rings. The van der Waals surface area contributed by atoms with E-state index in [0.717, 1.165) is 55.2 Å². The Morgan fingerprint density at radius 3 is 3.00 bits per heavy atom. The Morgan fingerprint density at radius 2 is 2.12 bits per heavy atom. The summed E-state index contributed by atoms with van der Waals surface area (Å²) in [6.45, 7) is 0.942. The number of hydrogen-bond acceptors (Lipinski definition) is 7. The first-order valence-electron chi connectivity index (χ1n) is 8.93. The summed E-state index contributed by atoms with van der Waals surface area (Å²) in [7, 11) is 0. The molecule has 0 radical (unpaired) electrons. The van der Waals surface area contributed by atoms with Crippen LogP contribution in [0, 0.1) is 0 Å². The zero-order chi connectivity index (χ0) is 17.5. The van der Waals surface area contributed by atoms with Crippen LogP contribution in [0.3, 0.4) is 0 Å². The molecule has 1 fully saturated rings. The number of aromatic nitrogens is 2. The van der Waals surface area contributed by atoms with Crippen LogP contribution >= 0.6 is 0 Å². The number of nitrogens with zero attached hydrogens (tertiary/aromatic N) is 2. The summed E-state index contributed by atoms with van der Waals surface area (Å²) < 4.78 is 22.0. The Kier molecular flexibility index (Phi) is 3.74. The zero-order valence-corrected chi connectivity index (χ0v) is 14.2. The van der Waals surface area contributed by atoms with Gasteiger partial charge in [-0.25, -0.2) is 4.79 Å². The number of rotatable bonds is 4. The molecule has 1 atom stereocenters. The maximum Gasteiger partial charge on any atom is 0.339 e.